The molecule has 0 amide bonds. The van der Waals surface area contributed by atoms with Gasteiger partial charge in [-0.25, -0.2) is 0 Å². The molecule has 2 aliphatic rings. The molecule has 2 fully saturated rings. The summed E-state index contributed by atoms with van der Waals surface area (Å²) in [4.78, 5) is 2.74. The fourth-order valence-corrected chi connectivity index (χ4v) is 3.81. The predicted octanol–water partition coefficient (Wildman–Crippen LogP) is 3.42. The van der Waals surface area contributed by atoms with Gasteiger partial charge in [0.25, 0.3) is 0 Å². The first-order valence-electron chi connectivity index (χ1n) is 7.36. The summed E-state index contributed by atoms with van der Waals surface area (Å²) in [5.74, 6) is 0. The van der Waals surface area contributed by atoms with E-state index < -0.39 is 0 Å². The van der Waals surface area contributed by atoms with E-state index in [9.17, 15) is 0 Å². The molecule has 2 atom stereocenters. The molecule has 2 nitrogen and oxygen atoms in total. The Morgan fingerprint density at radius 2 is 2.28 bits per heavy atom. The zero-order valence-corrected chi connectivity index (χ0v) is 12.1. The van der Waals surface area contributed by atoms with Crippen molar-refractivity contribution in [2.45, 2.75) is 57.2 Å². The van der Waals surface area contributed by atoms with Gasteiger partial charge in [-0.15, -0.1) is 0 Å². The van der Waals surface area contributed by atoms with Gasteiger partial charge in [-0.3, -0.25) is 4.90 Å². The van der Waals surface area contributed by atoms with Gasteiger partial charge in [0.2, 0.25) is 0 Å². The summed E-state index contributed by atoms with van der Waals surface area (Å²) in [6.45, 7) is 4.83. The molecule has 1 saturated carbocycles. The maximum absolute atomic E-state index is 3.69. The third-order valence-corrected chi connectivity index (χ3v) is 5.08. The number of nitrogens with one attached hydrogen (secondary N) is 1. The van der Waals surface area contributed by atoms with E-state index in [2.05, 4.69) is 34.0 Å². The Morgan fingerprint density at radius 3 is 2.89 bits per heavy atom. The number of rotatable bonds is 5. The fourth-order valence-electron chi connectivity index (χ4n) is 3.07. The molecule has 0 radical (unpaired) electrons. The second kappa shape index (κ2) is 5.72. The lowest BCUT2D eigenvalue weighted by atomic mass is 10.0. The van der Waals surface area contributed by atoms with Gasteiger partial charge in [-0.05, 0) is 61.5 Å². The molecule has 1 N–H and O–H groups in total. The van der Waals surface area contributed by atoms with Crippen molar-refractivity contribution < 1.29 is 0 Å². The number of hydrogen-bond donors (Lipinski definition) is 1. The zero-order chi connectivity index (χ0) is 12.4. The smallest absolute Gasteiger partial charge is 0.0331 e. The highest BCUT2D eigenvalue weighted by Crippen LogP contribution is 2.35. The van der Waals surface area contributed by atoms with Crippen molar-refractivity contribution in [3.63, 3.8) is 0 Å². The van der Waals surface area contributed by atoms with Gasteiger partial charge >= 0.3 is 0 Å². The quantitative estimate of drug-likeness (QED) is 0.876. The Bertz CT molecular complexity index is 353. The molecule has 100 valence electrons. The third-order valence-electron chi connectivity index (χ3n) is 4.38. The van der Waals surface area contributed by atoms with E-state index in [-0.39, 0.29) is 0 Å². The van der Waals surface area contributed by atoms with Crippen LogP contribution >= 0.6 is 11.3 Å². The first-order valence-corrected chi connectivity index (χ1v) is 8.30. The molecule has 0 bridgehead atoms. The topological polar surface area (TPSA) is 15.3 Å². The highest BCUT2D eigenvalue weighted by Gasteiger charge is 2.34. The van der Waals surface area contributed by atoms with Gasteiger partial charge in [0.1, 0.15) is 0 Å². The third kappa shape index (κ3) is 2.95. The summed E-state index contributed by atoms with van der Waals surface area (Å²) in [6.07, 6.45) is 6.94. The second-order valence-electron chi connectivity index (χ2n) is 5.81. The second-order valence-corrected chi connectivity index (χ2v) is 6.59. The van der Waals surface area contributed by atoms with Crippen LogP contribution in [0.15, 0.2) is 16.8 Å². The van der Waals surface area contributed by atoms with E-state index in [1.165, 1.54) is 50.8 Å². The number of nitrogens with zero attached hydrogens (tertiary/aromatic N) is 1. The van der Waals surface area contributed by atoms with Crippen LogP contribution in [0.3, 0.4) is 0 Å². The van der Waals surface area contributed by atoms with Crippen LogP contribution in [0.2, 0.25) is 0 Å². The van der Waals surface area contributed by atoms with Crippen molar-refractivity contribution >= 4 is 11.3 Å². The van der Waals surface area contributed by atoms with Crippen LogP contribution < -0.4 is 5.32 Å². The first-order chi connectivity index (χ1) is 8.84. The van der Waals surface area contributed by atoms with Crippen molar-refractivity contribution in [2.75, 3.05) is 13.1 Å². The zero-order valence-electron chi connectivity index (χ0n) is 11.3. The predicted molar refractivity (Wildman–Crippen MR) is 78.1 cm³/mol. The largest absolute Gasteiger partial charge is 0.313 e. The molecule has 3 rings (SSSR count). The highest BCUT2D eigenvalue weighted by atomic mass is 32.1. The molecule has 2 heterocycles. The van der Waals surface area contributed by atoms with Crippen LogP contribution in [0.1, 0.15) is 50.6 Å². The maximum Gasteiger partial charge on any atom is 0.0331 e. The minimum absolute atomic E-state index is 0.590. The Balaban J connectivity index is 1.64. The minimum Gasteiger partial charge on any atom is -0.313 e. The van der Waals surface area contributed by atoms with Gasteiger partial charge in [-0.2, -0.15) is 11.3 Å². The number of hydrogen-bond acceptors (Lipinski definition) is 3. The summed E-state index contributed by atoms with van der Waals surface area (Å²) >= 11 is 1.82. The molecule has 2 unspecified atom stereocenters. The molecule has 0 aromatic carbocycles. The number of thiophene rings is 1. The first kappa shape index (κ1) is 12.6. The Morgan fingerprint density at radius 1 is 1.39 bits per heavy atom. The molecule has 0 spiro atoms. The summed E-state index contributed by atoms with van der Waals surface area (Å²) in [7, 11) is 0. The molecule has 1 aromatic heterocycles. The average molecular weight is 264 g/mol. The summed E-state index contributed by atoms with van der Waals surface area (Å²) in [6, 6.07) is 4.45. The van der Waals surface area contributed by atoms with Crippen molar-refractivity contribution in [2.24, 2.45) is 0 Å². The lowest BCUT2D eigenvalue weighted by Crippen LogP contribution is -2.45. The minimum atomic E-state index is 0.590. The van der Waals surface area contributed by atoms with Crippen LogP contribution in [0.5, 0.6) is 0 Å². The van der Waals surface area contributed by atoms with Crippen molar-refractivity contribution in [1.82, 2.24) is 10.2 Å². The van der Waals surface area contributed by atoms with Crippen LogP contribution in [0.4, 0.5) is 0 Å². The van der Waals surface area contributed by atoms with Crippen LogP contribution in [-0.2, 0) is 0 Å². The summed E-state index contributed by atoms with van der Waals surface area (Å²) in [5, 5.41) is 8.21. The average Bonchev–Trinajstić information content (AvgIpc) is 3.10. The molecule has 3 heteroatoms. The van der Waals surface area contributed by atoms with E-state index in [0.717, 1.165) is 12.1 Å². The van der Waals surface area contributed by atoms with Crippen LogP contribution in [-0.4, -0.2) is 30.1 Å². The van der Waals surface area contributed by atoms with Gasteiger partial charge in [-0.1, -0.05) is 6.42 Å². The highest BCUT2D eigenvalue weighted by molar-refractivity contribution is 7.07. The molecule has 1 saturated heterocycles. The Labute approximate surface area is 114 Å². The van der Waals surface area contributed by atoms with Gasteiger partial charge in [0, 0.05) is 24.7 Å². The molecule has 18 heavy (non-hydrogen) atoms. The number of piperidine rings is 1. The normalized spacial score (nSPS) is 26.4. The maximum atomic E-state index is 3.69. The van der Waals surface area contributed by atoms with Crippen molar-refractivity contribution in [1.29, 1.82) is 0 Å². The summed E-state index contributed by atoms with van der Waals surface area (Å²) in [5.41, 5.74) is 1.50. The molecule has 1 aliphatic carbocycles. The Kier molecular flexibility index (Phi) is 4.02. The van der Waals surface area contributed by atoms with Gasteiger partial charge in [0.05, 0.1) is 0 Å². The lowest BCUT2D eigenvalue weighted by Gasteiger charge is -2.34. The van der Waals surface area contributed by atoms with Gasteiger partial charge in [0.15, 0.2) is 0 Å². The monoisotopic (exact) mass is 264 g/mol. The summed E-state index contributed by atoms with van der Waals surface area (Å²) < 4.78 is 0. The van der Waals surface area contributed by atoms with E-state index in [1.807, 2.05) is 11.3 Å². The van der Waals surface area contributed by atoms with Gasteiger partial charge < -0.3 is 5.32 Å². The molecule has 1 aromatic rings. The molecular weight excluding hydrogens is 240 g/mol. The molecule has 1 aliphatic heterocycles. The Hall–Kier alpha value is -0.380. The SMILES string of the molecule is CC(c1ccsc1)N(CC1CCCCN1)C1CC1. The fraction of sp³-hybridized carbons (Fsp3) is 0.733. The van der Waals surface area contributed by atoms with Crippen LogP contribution in [0.25, 0.3) is 0 Å². The lowest BCUT2D eigenvalue weighted by molar-refractivity contribution is 0.167. The van der Waals surface area contributed by atoms with E-state index in [0.29, 0.717) is 6.04 Å². The van der Waals surface area contributed by atoms with Crippen molar-refractivity contribution in [3.8, 4) is 0 Å². The van der Waals surface area contributed by atoms with E-state index in [4.69, 9.17) is 0 Å². The molecular formula is C15H24N2S. The van der Waals surface area contributed by atoms with Crippen LogP contribution in [0, 0.1) is 0 Å². The van der Waals surface area contributed by atoms with Crippen molar-refractivity contribution in [3.05, 3.63) is 22.4 Å². The van der Waals surface area contributed by atoms with E-state index >= 15 is 0 Å². The standard InChI is InChI=1S/C15H24N2S/c1-12(13-7-9-18-11-13)17(15-5-6-15)10-14-4-2-3-8-16-14/h7,9,11-12,14-16H,2-6,8,10H2,1H3. The van der Waals surface area contributed by atoms with E-state index in [1.54, 1.807) is 0 Å².